The fourth-order valence-corrected chi connectivity index (χ4v) is 3.22. The van der Waals surface area contributed by atoms with Crippen LogP contribution in [0.25, 0.3) is 0 Å². The lowest BCUT2D eigenvalue weighted by Gasteiger charge is -2.22. The zero-order chi connectivity index (χ0) is 16.4. The highest BCUT2D eigenvalue weighted by Gasteiger charge is 2.13. The van der Waals surface area contributed by atoms with Gasteiger partial charge >= 0.3 is 0 Å². The summed E-state index contributed by atoms with van der Waals surface area (Å²) in [5.41, 5.74) is 0. The molecule has 3 heteroatoms. The molecule has 0 aromatic rings. The largest absolute Gasteiger partial charge is 0.396 e. The van der Waals surface area contributed by atoms with Crippen LogP contribution in [0, 0.1) is 0 Å². The van der Waals surface area contributed by atoms with Gasteiger partial charge in [0, 0.05) is 19.8 Å². The lowest BCUT2D eigenvalue weighted by atomic mass is 10.0. The molecule has 138 valence electrons. The van der Waals surface area contributed by atoms with E-state index in [9.17, 15) is 0 Å². The summed E-state index contributed by atoms with van der Waals surface area (Å²) in [5, 5.41) is 8.70. The van der Waals surface area contributed by atoms with Crippen LogP contribution in [-0.4, -0.2) is 31.2 Å². The third-order valence-electron chi connectivity index (χ3n) is 4.74. The summed E-state index contributed by atoms with van der Waals surface area (Å²) in [6.45, 7) is 2.12. The van der Waals surface area contributed by atoms with Crippen molar-refractivity contribution in [1.82, 2.24) is 0 Å². The van der Waals surface area contributed by atoms with Gasteiger partial charge in [0.25, 0.3) is 0 Å². The van der Waals surface area contributed by atoms with Crippen molar-refractivity contribution < 1.29 is 14.6 Å². The van der Waals surface area contributed by atoms with Gasteiger partial charge < -0.3 is 14.6 Å². The predicted molar refractivity (Wildman–Crippen MR) is 96.6 cm³/mol. The summed E-state index contributed by atoms with van der Waals surface area (Å²) < 4.78 is 11.3. The molecule has 1 heterocycles. The number of rotatable bonds is 16. The monoisotopic (exact) mass is 328 g/mol. The van der Waals surface area contributed by atoms with Crippen molar-refractivity contribution in [3.8, 4) is 0 Å². The summed E-state index contributed by atoms with van der Waals surface area (Å²) in [4.78, 5) is 0. The van der Waals surface area contributed by atoms with E-state index in [1.807, 2.05) is 0 Å². The molecule has 0 aromatic carbocycles. The van der Waals surface area contributed by atoms with Crippen LogP contribution in [0.4, 0.5) is 0 Å². The van der Waals surface area contributed by atoms with E-state index in [1.165, 1.54) is 89.9 Å². The zero-order valence-electron chi connectivity index (χ0n) is 15.3. The van der Waals surface area contributed by atoms with Crippen LogP contribution >= 0.6 is 0 Å². The molecule has 0 aromatic heterocycles. The Morgan fingerprint density at radius 3 is 1.70 bits per heavy atom. The molecule has 1 aliphatic rings. The van der Waals surface area contributed by atoms with Crippen LogP contribution in [0.5, 0.6) is 0 Å². The van der Waals surface area contributed by atoms with Gasteiger partial charge in [-0.3, -0.25) is 0 Å². The normalized spacial score (nSPS) is 18.4. The van der Waals surface area contributed by atoms with Gasteiger partial charge in [0.1, 0.15) is 0 Å². The molecule has 1 saturated heterocycles. The molecule has 0 amide bonds. The fraction of sp³-hybridized carbons (Fsp3) is 1.00. The average Bonchev–Trinajstić information content (AvgIpc) is 2.59. The molecule has 0 radical (unpaired) electrons. The number of aliphatic hydroxyl groups excluding tert-OH is 1. The van der Waals surface area contributed by atoms with Crippen LogP contribution in [0.1, 0.15) is 103 Å². The van der Waals surface area contributed by atoms with Gasteiger partial charge in [-0.05, 0) is 32.1 Å². The van der Waals surface area contributed by atoms with Gasteiger partial charge in [0.2, 0.25) is 0 Å². The maximum Gasteiger partial charge on any atom is 0.157 e. The van der Waals surface area contributed by atoms with Crippen molar-refractivity contribution in [2.24, 2.45) is 0 Å². The van der Waals surface area contributed by atoms with Crippen LogP contribution in [0.3, 0.4) is 0 Å². The molecular formula is C20H40O3. The van der Waals surface area contributed by atoms with Gasteiger partial charge in [0.15, 0.2) is 6.29 Å². The second-order valence-corrected chi connectivity index (χ2v) is 6.99. The Kier molecular flexibility index (Phi) is 15.2. The third-order valence-corrected chi connectivity index (χ3v) is 4.74. The molecule has 0 saturated carbocycles. The highest BCUT2D eigenvalue weighted by molar-refractivity contribution is 4.54. The second kappa shape index (κ2) is 16.7. The molecule has 1 N–H and O–H groups in total. The smallest absolute Gasteiger partial charge is 0.157 e. The van der Waals surface area contributed by atoms with E-state index in [2.05, 4.69) is 0 Å². The zero-order valence-corrected chi connectivity index (χ0v) is 15.3. The summed E-state index contributed by atoms with van der Waals surface area (Å²) in [6.07, 6.45) is 20.7. The highest BCUT2D eigenvalue weighted by atomic mass is 16.7. The first-order chi connectivity index (χ1) is 11.4. The molecule has 1 aliphatic heterocycles. The molecule has 1 fully saturated rings. The molecule has 3 nitrogen and oxygen atoms in total. The van der Waals surface area contributed by atoms with Gasteiger partial charge in [-0.15, -0.1) is 0 Å². The summed E-state index contributed by atoms with van der Waals surface area (Å²) in [5.74, 6) is 0. The Hall–Kier alpha value is -0.120. The molecule has 0 aliphatic carbocycles. The van der Waals surface area contributed by atoms with E-state index in [0.29, 0.717) is 6.61 Å². The van der Waals surface area contributed by atoms with Gasteiger partial charge in [-0.2, -0.15) is 0 Å². The number of aliphatic hydroxyl groups is 1. The van der Waals surface area contributed by atoms with Gasteiger partial charge in [0.05, 0.1) is 0 Å². The van der Waals surface area contributed by atoms with Crippen LogP contribution in [-0.2, 0) is 9.47 Å². The summed E-state index contributed by atoms with van der Waals surface area (Å²) in [7, 11) is 0. The van der Waals surface area contributed by atoms with Crippen LogP contribution in [0.15, 0.2) is 0 Å². The SMILES string of the molecule is OCCCCCCCCCCCCCCCOC1CCCCO1. The second-order valence-electron chi connectivity index (χ2n) is 6.99. The maximum atomic E-state index is 8.70. The molecular weight excluding hydrogens is 288 g/mol. The van der Waals surface area contributed by atoms with Crippen molar-refractivity contribution in [3.63, 3.8) is 0 Å². The van der Waals surface area contributed by atoms with Crippen molar-refractivity contribution in [2.75, 3.05) is 19.8 Å². The van der Waals surface area contributed by atoms with E-state index in [1.54, 1.807) is 0 Å². The predicted octanol–water partition coefficient (Wildman–Crippen LogP) is 5.59. The van der Waals surface area contributed by atoms with Crippen molar-refractivity contribution in [1.29, 1.82) is 0 Å². The first-order valence-corrected chi connectivity index (χ1v) is 10.3. The molecule has 1 rings (SSSR count). The molecule has 1 atom stereocenters. The topological polar surface area (TPSA) is 38.7 Å². The summed E-state index contributed by atoms with van der Waals surface area (Å²) in [6, 6.07) is 0. The highest BCUT2D eigenvalue weighted by Crippen LogP contribution is 2.15. The molecule has 0 spiro atoms. The summed E-state index contributed by atoms with van der Waals surface area (Å²) >= 11 is 0. The number of hydrogen-bond acceptors (Lipinski definition) is 3. The van der Waals surface area contributed by atoms with E-state index in [0.717, 1.165) is 26.1 Å². The van der Waals surface area contributed by atoms with E-state index in [4.69, 9.17) is 14.6 Å². The minimum atomic E-state index is 0.0902. The Bertz CT molecular complexity index is 227. The van der Waals surface area contributed by atoms with Crippen molar-refractivity contribution in [3.05, 3.63) is 0 Å². The van der Waals surface area contributed by atoms with Gasteiger partial charge in [-0.1, -0.05) is 70.6 Å². The Balaban J connectivity index is 1.67. The molecule has 23 heavy (non-hydrogen) atoms. The Morgan fingerprint density at radius 1 is 0.696 bits per heavy atom. The van der Waals surface area contributed by atoms with Crippen LogP contribution < -0.4 is 0 Å². The van der Waals surface area contributed by atoms with E-state index in [-0.39, 0.29) is 6.29 Å². The number of unbranched alkanes of at least 4 members (excludes halogenated alkanes) is 12. The minimum absolute atomic E-state index is 0.0902. The number of ether oxygens (including phenoxy) is 2. The Labute approximate surface area is 144 Å². The lowest BCUT2D eigenvalue weighted by Crippen LogP contribution is -2.22. The van der Waals surface area contributed by atoms with Crippen molar-refractivity contribution >= 4 is 0 Å². The van der Waals surface area contributed by atoms with E-state index >= 15 is 0 Å². The quantitative estimate of drug-likeness (QED) is 0.375. The van der Waals surface area contributed by atoms with Gasteiger partial charge in [-0.25, -0.2) is 0 Å². The third kappa shape index (κ3) is 14.0. The Morgan fingerprint density at radius 2 is 1.22 bits per heavy atom. The van der Waals surface area contributed by atoms with Crippen LogP contribution in [0.2, 0.25) is 0 Å². The maximum absolute atomic E-state index is 8.70. The fourth-order valence-electron chi connectivity index (χ4n) is 3.22. The van der Waals surface area contributed by atoms with Crippen molar-refractivity contribution in [2.45, 2.75) is 109 Å². The van der Waals surface area contributed by atoms with E-state index < -0.39 is 0 Å². The minimum Gasteiger partial charge on any atom is -0.396 e. The first kappa shape index (κ1) is 20.9. The molecule has 1 unspecified atom stereocenters. The standard InChI is InChI=1S/C20H40O3/c21-17-13-10-8-6-4-2-1-3-5-7-9-11-14-18-22-20-16-12-15-19-23-20/h20-21H,1-19H2. The average molecular weight is 329 g/mol. The number of hydrogen-bond donors (Lipinski definition) is 1. The first-order valence-electron chi connectivity index (χ1n) is 10.3. The lowest BCUT2D eigenvalue weighted by molar-refractivity contribution is -0.162. The molecule has 0 bridgehead atoms.